The number of carbonyl (C=O) groups is 1. The fourth-order valence-electron chi connectivity index (χ4n) is 2.34. The molecule has 0 aliphatic carbocycles. The Morgan fingerprint density at radius 1 is 1.22 bits per heavy atom. The topological polar surface area (TPSA) is 110 Å². The van der Waals surface area contributed by atoms with Gasteiger partial charge in [0.25, 0.3) is 5.69 Å². The van der Waals surface area contributed by atoms with Gasteiger partial charge in [-0.25, -0.2) is 8.42 Å². The van der Waals surface area contributed by atoms with Gasteiger partial charge in [0.15, 0.2) is 0 Å². The molecule has 2 aromatic carbocycles. The van der Waals surface area contributed by atoms with Crippen molar-refractivity contribution >= 4 is 44.6 Å². The highest BCUT2D eigenvalue weighted by atomic mass is 35.5. The number of non-ortho nitro benzene ring substituents is 1. The molecule has 0 spiro atoms. The van der Waals surface area contributed by atoms with Crippen molar-refractivity contribution in [2.45, 2.75) is 13.3 Å². The maximum absolute atomic E-state index is 12.4. The Hall–Kier alpha value is -2.65. The third-order valence-electron chi connectivity index (χ3n) is 3.75. The van der Waals surface area contributed by atoms with Gasteiger partial charge in [-0.1, -0.05) is 30.7 Å². The van der Waals surface area contributed by atoms with Gasteiger partial charge in [-0.3, -0.25) is 19.2 Å². The van der Waals surface area contributed by atoms with Gasteiger partial charge < -0.3 is 5.32 Å². The van der Waals surface area contributed by atoms with E-state index in [0.29, 0.717) is 5.69 Å². The summed E-state index contributed by atoms with van der Waals surface area (Å²) in [6.45, 7) is 1.48. The van der Waals surface area contributed by atoms with E-state index in [9.17, 15) is 23.3 Å². The van der Waals surface area contributed by atoms with E-state index < -0.39 is 27.4 Å². The molecule has 0 radical (unpaired) electrons. The van der Waals surface area contributed by atoms with Crippen molar-refractivity contribution in [3.8, 4) is 0 Å². The summed E-state index contributed by atoms with van der Waals surface area (Å²) in [6, 6.07) is 10.4. The summed E-state index contributed by atoms with van der Waals surface area (Å²) in [6.07, 6.45) is 1.79. The largest absolute Gasteiger partial charge is 0.323 e. The first-order chi connectivity index (χ1) is 12.6. The lowest BCUT2D eigenvalue weighted by molar-refractivity contribution is -0.384. The Morgan fingerprint density at radius 2 is 1.85 bits per heavy atom. The molecule has 0 unspecified atom stereocenters. The van der Waals surface area contributed by atoms with Crippen LogP contribution in [0.4, 0.5) is 17.1 Å². The highest BCUT2D eigenvalue weighted by molar-refractivity contribution is 7.92. The van der Waals surface area contributed by atoms with E-state index in [4.69, 9.17) is 11.6 Å². The molecular weight excluding hydrogens is 394 g/mol. The Balaban J connectivity index is 2.24. The summed E-state index contributed by atoms with van der Waals surface area (Å²) >= 11 is 5.95. The summed E-state index contributed by atoms with van der Waals surface area (Å²) in [5.74, 6) is -0.678. The van der Waals surface area contributed by atoms with Gasteiger partial charge in [0.05, 0.1) is 27.6 Å². The Bertz CT molecular complexity index is 961. The third kappa shape index (κ3) is 5.41. The standard InChI is InChI=1S/C17H18ClN3O5S/c1-3-12-4-6-13(7-5-12)20(27(2,25)26)11-17(22)19-16-10-14(21(23)24)8-9-15(16)18/h4-10H,3,11H2,1-2H3,(H,19,22). The number of benzene rings is 2. The highest BCUT2D eigenvalue weighted by Crippen LogP contribution is 2.27. The molecular formula is C17H18ClN3O5S. The van der Waals surface area contributed by atoms with Crippen LogP contribution in [0, 0.1) is 10.1 Å². The first kappa shape index (κ1) is 20.7. The second-order valence-corrected chi connectivity index (χ2v) is 8.07. The van der Waals surface area contributed by atoms with Gasteiger partial charge in [-0.15, -0.1) is 0 Å². The molecule has 0 aliphatic heterocycles. The number of amides is 1. The molecule has 8 nitrogen and oxygen atoms in total. The van der Waals surface area contributed by atoms with E-state index in [0.717, 1.165) is 28.6 Å². The summed E-state index contributed by atoms with van der Waals surface area (Å²) in [5.41, 5.74) is 1.16. The van der Waals surface area contributed by atoms with Crippen LogP contribution in [0.25, 0.3) is 0 Å². The van der Waals surface area contributed by atoms with Crippen molar-refractivity contribution in [2.75, 3.05) is 22.4 Å². The fourth-order valence-corrected chi connectivity index (χ4v) is 3.36. The van der Waals surface area contributed by atoms with Gasteiger partial charge in [0.2, 0.25) is 15.9 Å². The van der Waals surface area contributed by atoms with Crippen molar-refractivity contribution in [1.82, 2.24) is 0 Å². The van der Waals surface area contributed by atoms with Crippen molar-refractivity contribution in [1.29, 1.82) is 0 Å². The predicted molar refractivity (Wildman–Crippen MR) is 105 cm³/mol. The third-order valence-corrected chi connectivity index (χ3v) is 5.23. The number of anilines is 2. The maximum atomic E-state index is 12.4. The lowest BCUT2D eigenvalue weighted by Gasteiger charge is -2.22. The van der Waals surface area contributed by atoms with E-state index >= 15 is 0 Å². The Morgan fingerprint density at radius 3 is 2.37 bits per heavy atom. The fraction of sp³-hybridized carbons (Fsp3) is 0.235. The van der Waals surface area contributed by atoms with E-state index in [1.54, 1.807) is 24.3 Å². The van der Waals surface area contributed by atoms with Gasteiger partial charge in [0, 0.05) is 12.1 Å². The second kappa shape index (κ2) is 8.36. The van der Waals surface area contributed by atoms with Crippen LogP contribution in [0.3, 0.4) is 0 Å². The lowest BCUT2D eigenvalue weighted by atomic mass is 10.1. The maximum Gasteiger partial charge on any atom is 0.271 e. The average Bonchev–Trinajstić information content (AvgIpc) is 2.60. The van der Waals surface area contributed by atoms with Gasteiger partial charge in [-0.2, -0.15) is 0 Å². The Labute approximate surface area is 162 Å². The van der Waals surface area contributed by atoms with Crippen LogP contribution in [0.1, 0.15) is 12.5 Å². The lowest BCUT2D eigenvalue weighted by Crippen LogP contribution is -2.37. The van der Waals surface area contributed by atoms with E-state index in [2.05, 4.69) is 5.32 Å². The second-order valence-electron chi connectivity index (χ2n) is 5.76. The zero-order valence-electron chi connectivity index (χ0n) is 14.7. The minimum absolute atomic E-state index is 0.0330. The minimum atomic E-state index is -3.73. The summed E-state index contributed by atoms with van der Waals surface area (Å²) in [4.78, 5) is 22.6. The first-order valence-electron chi connectivity index (χ1n) is 7.92. The SMILES string of the molecule is CCc1ccc(N(CC(=O)Nc2cc([N+](=O)[O-])ccc2Cl)S(C)(=O)=O)cc1. The number of halogens is 1. The molecule has 1 N–H and O–H groups in total. The predicted octanol–water partition coefficient (Wildman–Crippen LogP) is 3.22. The van der Waals surface area contributed by atoms with E-state index in [-0.39, 0.29) is 16.4 Å². The van der Waals surface area contributed by atoms with E-state index in [1.165, 1.54) is 12.1 Å². The normalized spacial score (nSPS) is 11.1. The molecule has 2 aromatic rings. The molecule has 0 saturated carbocycles. The number of nitro benzene ring substituents is 1. The molecule has 0 fully saturated rings. The molecule has 0 atom stereocenters. The smallest absolute Gasteiger partial charge is 0.271 e. The van der Waals surface area contributed by atoms with Crippen LogP contribution >= 0.6 is 11.6 Å². The van der Waals surface area contributed by atoms with Crippen LogP contribution < -0.4 is 9.62 Å². The van der Waals surface area contributed by atoms with Crippen LogP contribution in [-0.2, 0) is 21.2 Å². The monoisotopic (exact) mass is 411 g/mol. The summed E-state index contributed by atoms with van der Waals surface area (Å²) < 4.78 is 25.2. The zero-order valence-corrected chi connectivity index (χ0v) is 16.2. The molecule has 2 rings (SSSR count). The van der Waals surface area contributed by atoms with Gasteiger partial charge in [-0.05, 0) is 30.2 Å². The molecule has 27 heavy (non-hydrogen) atoms. The molecule has 0 heterocycles. The summed E-state index contributed by atoms with van der Waals surface area (Å²) in [5, 5.41) is 13.4. The van der Waals surface area contributed by atoms with Crippen molar-refractivity contribution in [3.05, 3.63) is 63.2 Å². The molecule has 1 amide bonds. The van der Waals surface area contributed by atoms with Crippen molar-refractivity contribution in [2.24, 2.45) is 0 Å². The quantitative estimate of drug-likeness (QED) is 0.555. The molecule has 0 aromatic heterocycles. The van der Waals surface area contributed by atoms with Crippen molar-refractivity contribution in [3.63, 3.8) is 0 Å². The zero-order chi connectivity index (χ0) is 20.2. The number of nitrogens with one attached hydrogen (secondary N) is 1. The molecule has 0 saturated heterocycles. The number of hydrogen-bond donors (Lipinski definition) is 1. The number of nitro groups is 1. The summed E-state index contributed by atoms with van der Waals surface area (Å²) in [7, 11) is -3.73. The number of aryl methyl sites for hydroxylation is 1. The molecule has 144 valence electrons. The number of rotatable bonds is 7. The van der Waals surface area contributed by atoms with Crippen molar-refractivity contribution < 1.29 is 18.1 Å². The van der Waals surface area contributed by atoms with E-state index in [1.807, 2.05) is 6.92 Å². The minimum Gasteiger partial charge on any atom is -0.323 e. The number of sulfonamides is 1. The Kier molecular flexibility index (Phi) is 6.40. The van der Waals surface area contributed by atoms with Crippen LogP contribution in [-0.4, -0.2) is 32.0 Å². The average molecular weight is 412 g/mol. The number of carbonyl (C=O) groups excluding carboxylic acids is 1. The van der Waals surface area contributed by atoms with Gasteiger partial charge >= 0.3 is 0 Å². The molecule has 10 heteroatoms. The van der Waals surface area contributed by atoms with Gasteiger partial charge in [0.1, 0.15) is 6.54 Å². The molecule has 0 aliphatic rings. The number of nitrogens with zero attached hydrogens (tertiary/aromatic N) is 2. The highest BCUT2D eigenvalue weighted by Gasteiger charge is 2.22. The van der Waals surface area contributed by atoms with Crippen LogP contribution in [0.15, 0.2) is 42.5 Å². The van der Waals surface area contributed by atoms with Crippen LogP contribution in [0.5, 0.6) is 0 Å². The van der Waals surface area contributed by atoms with Crippen LogP contribution in [0.2, 0.25) is 5.02 Å². The first-order valence-corrected chi connectivity index (χ1v) is 10.1. The molecule has 0 bridgehead atoms. The number of hydrogen-bond acceptors (Lipinski definition) is 5.